The molecule has 0 bridgehead atoms. The zero-order valence-corrected chi connectivity index (χ0v) is 32.2. The van der Waals surface area contributed by atoms with Gasteiger partial charge in [-0.3, -0.25) is 0 Å². The summed E-state index contributed by atoms with van der Waals surface area (Å²) in [5, 5.41) is 36.0. The Labute approximate surface area is 326 Å². The molecule has 0 spiro atoms. The number of benzene rings is 7. The van der Waals surface area contributed by atoms with Crippen LogP contribution in [-0.4, -0.2) is 15.3 Å². The van der Waals surface area contributed by atoms with Gasteiger partial charge in [0.05, 0.1) is 0 Å². The fourth-order valence-electron chi connectivity index (χ4n) is 7.83. The highest BCUT2D eigenvalue weighted by atomic mass is 16.3. The van der Waals surface area contributed by atoms with E-state index in [0.717, 1.165) is 77.9 Å². The normalized spacial score (nSPS) is 11.4. The summed E-state index contributed by atoms with van der Waals surface area (Å²) in [5.41, 5.74) is 12.8. The minimum atomic E-state index is -0.0103. The number of rotatable bonds is 12. The molecular weight excluding hydrogens is 673 g/mol. The van der Waals surface area contributed by atoms with Gasteiger partial charge in [-0.1, -0.05) is 149 Å². The van der Waals surface area contributed by atoms with E-state index in [0.29, 0.717) is 37.2 Å². The Morgan fingerprint density at radius 2 is 0.636 bits per heavy atom. The van der Waals surface area contributed by atoms with Gasteiger partial charge in [0, 0.05) is 36.8 Å². The average molecular weight is 722 g/mol. The second-order valence-corrected chi connectivity index (χ2v) is 15.3. The topological polar surface area (TPSA) is 60.7 Å². The molecule has 3 nitrogen and oxygen atoms in total. The summed E-state index contributed by atoms with van der Waals surface area (Å²) in [5.74, 6) is 0.840. The van der Waals surface area contributed by atoms with Crippen LogP contribution < -0.4 is 0 Å². The maximum atomic E-state index is 12.4. The summed E-state index contributed by atoms with van der Waals surface area (Å²) in [6.07, 6.45) is 2.25. The van der Waals surface area contributed by atoms with E-state index in [1.165, 1.54) is 0 Å². The number of hydrogen-bond acceptors (Lipinski definition) is 3. The van der Waals surface area contributed by atoms with Gasteiger partial charge in [-0.15, -0.1) is 0 Å². The van der Waals surface area contributed by atoms with Gasteiger partial charge < -0.3 is 15.3 Å². The van der Waals surface area contributed by atoms with E-state index < -0.39 is 0 Å². The van der Waals surface area contributed by atoms with Gasteiger partial charge in [0.25, 0.3) is 0 Å². The van der Waals surface area contributed by atoms with Crippen molar-refractivity contribution >= 4 is 0 Å². The molecule has 7 aromatic rings. The predicted octanol–water partition coefficient (Wildman–Crippen LogP) is 12.5. The molecule has 275 valence electrons. The molecule has 3 heteroatoms. The van der Waals surface area contributed by atoms with Gasteiger partial charge in [0.15, 0.2) is 0 Å². The Morgan fingerprint density at radius 3 is 0.873 bits per heavy atom. The van der Waals surface area contributed by atoms with Gasteiger partial charge in [-0.25, -0.2) is 0 Å². The van der Waals surface area contributed by atoms with Crippen molar-refractivity contribution in [2.75, 3.05) is 0 Å². The third-order valence-corrected chi connectivity index (χ3v) is 10.5. The first-order chi connectivity index (χ1) is 26.7. The minimum Gasteiger partial charge on any atom is -0.507 e. The van der Waals surface area contributed by atoms with Crippen LogP contribution in [0.1, 0.15) is 95.2 Å². The first kappa shape index (κ1) is 37.3. The maximum Gasteiger partial charge on any atom is 0.123 e. The molecule has 7 rings (SSSR count). The highest BCUT2D eigenvalue weighted by Crippen LogP contribution is 2.48. The molecule has 0 aromatic heterocycles. The Hall–Kier alpha value is -6.06. The predicted molar refractivity (Wildman–Crippen MR) is 226 cm³/mol. The molecule has 0 aliphatic carbocycles. The van der Waals surface area contributed by atoms with Crippen molar-refractivity contribution in [3.05, 3.63) is 207 Å². The quantitative estimate of drug-likeness (QED) is 0.118. The van der Waals surface area contributed by atoms with Crippen LogP contribution in [-0.2, 0) is 25.7 Å². The Balaban J connectivity index is 1.47. The van der Waals surface area contributed by atoms with Crippen LogP contribution in [0.2, 0.25) is 0 Å². The number of phenols is 3. The summed E-state index contributed by atoms with van der Waals surface area (Å²) < 4.78 is 0. The fraction of sp³-hybridized carbons (Fsp3) is 0.192. The van der Waals surface area contributed by atoms with Crippen LogP contribution in [0.4, 0.5) is 0 Å². The zero-order chi connectivity index (χ0) is 38.5. The van der Waals surface area contributed by atoms with Crippen molar-refractivity contribution in [3.63, 3.8) is 0 Å². The molecule has 7 aromatic carbocycles. The average Bonchev–Trinajstić information content (AvgIpc) is 3.18. The van der Waals surface area contributed by atoms with E-state index >= 15 is 0 Å². The van der Waals surface area contributed by atoms with Gasteiger partial charge in [-0.2, -0.15) is 0 Å². The summed E-state index contributed by atoms with van der Waals surface area (Å²) >= 11 is 0. The van der Waals surface area contributed by atoms with E-state index in [-0.39, 0.29) is 17.6 Å². The second kappa shape index (κ2) is 16.5. The lowest BCUT2D eigenvalue weighted by Crippen LogP contribution is -2.04. The lowest BCUT2D eigenvalue weighted by molar-refractivity contribution is 0.455. The number of hydrogen-bond donors (Lipinski definition) is 3. The summed E-state index contributed by atoms with van der Waals surface area (Å²) in [7, 11) is 0. The van der Waals surface area contributed by atoms with Crippen LogP contribution in [0, 0.1) is 6.07 Å². The molecule has 1 radical (unpaired) electrons. The summed E-state index contributed by atoms with van der Waals surface area (Å²) in [6.45, 7) is 8.46. The first-order valence-corrected chi connectivity index (χ1v) is 19.3. The van der Waals surface area contributed by atoms with Crippen LogP contribution in [0.3, 0.4) is 0 Å². The smallest absolute Gasteiger partial charge is 0.123 e. The Morgan fingerprint density at radius 1 is 0.382 bits per heavy atom. The molecule has 0 aliphatic heterocycles. The number of aromatic hydroxyl groups is 3. The third-order valence-electron chi connectivity index (χ3n) is 10.5. The van der Waals surface area contributed by atoms with E-state index in [1.807, 2.05) is 72.8 Å². The third kappa shape index (κ3) is 8.37. The Bertz CT molecular complexity index is 2090. The minimum absolute atomic E-state index is 0.0103. The van der Waals surface area contributed by atoms with E-state index in [2.05, 4.69) is 107 Å². The van der Waals surface area contributed by atoms with Crippen molar-refractivity contribution in [1.82, 2.24) is 0 Å². The highest BCUT2D eigenvalue weighted by Gasteiger charge is 2.26. The van der Waals surface area contributed by atoms with Crippen LogP contribution in [0.5, 0.6) is 17.2 Å². The van der Waals surface area contributed by atoms with Crippen molar-refractivity contribution in [3.8, 4) is 39.5 Å². The standard InChI is InChI=1S/C52H49O3/c1-34(2)48-46(40-29-42(25-36-17-9-5-10-18-36)50(53)43(30-40)26-37-19-11-6-12-20-37)33-47(49(35(3)4)52(48)55)41-31-44(27-38-21-13-7-14-22-38)51(54)45(32-41)28-39-23-15-8-16-24-39/h5-24,29-32,34-35,53-55H,25-28H2,1-4H3. The molecule has 0 unspecified atom stereocenters. The van der Waals surface area contributed by atoms with E-state index in [1.54, 1.807) is 0 Å². The lowest BCUT2D eigenvalue weighted by atomic mass is 9.80. The molecule has 0 aliphatic rings. The molecule has 3 N–H and O–H groups in total. The molecule has 0 heterocycles. The second-order valence-electron chi connectivity index (χ2n) is 15.3. The molecule has 0 saturated carbocycles. The van der Waals surface area contributed by atoms with Crippen LogP contribution >= 0.6 is 0 Å². The van der Waals surface area contributed by atoms with E-state index in [9.17, 15) is 15.3 Å². The van der Waals surface area contributed by atoms with Gasteiger partial charge in [0.2, 0.25) is 0 Å². The van der Waals surface area contributed by atoms with Gasteiger partial charge >= 0.3 is 0 Å². The molecule has 55 heavy (non-hydrogen) atoms. The highest BCUT2D eigenvalue weighted by molar-refractivity contribution is 5.83. The SMILES string of the molecule is CC(C)c1c(-c2cc(Cc3ccccc3)c(O)c(Cc3ccccc3)c2)[c]c(-c2cc(Cc3ccccc3)c(O)c(Cc3ccccc3)c2)c(C(C)C)c1O. The molecule has 0 atom stereocenters. The fourth-order valence-corrected chi connectivity index (χ4v) is 7.83. The van der Waals surface area contributed by atoms with Crippen LogP contribution in [0.15, 0.2) is 146 Å². The molecule has 0 fully saturated rings. The molecule has 0 amide bonds. The number of phenolic OH excluding ortho intramolecular Hbond substituents is 3. The summed E-state index contributed by atoms with van der Waals surface area (Å²) in [4.78, 5) is 0. The van der Waals surface area contributed by atoms with Crippen molar-refractivity contribution in [1.29, 1.82) is 0 Å². The van der Waals surface area contributed by atoms with E-state index in [4.69, 9.17) is 0 Å². The van der Waals surface area contributed by atoms with Gasteiger partial charge in [0.1, 0.15) is 17.2 Å². The molecule has 0 saturated heterocycles. The maximum absolute atomic E-state index is 12.4. The Kier molecular flexibility index (Phi) is 11.2. The zero-order valence-electron chi connectivity index (χ0n) is 32.2. The van der Waals surface area contributed by atoms with Crippen molar-refractivity contribution in [2.24, 2.45) is 0 Å². The summed E-state index contributed by atoms with van der Waals surface area (Å²) in [6, 6.07) is 53.1. The van der Waals surface area contributed by atoms with Gasteiger partial charge in [-0.05, 0) is 109 Å². The van der Waals surface area contributed by atoms with Crippen molar-refractivity contribution < 1.29 is 15.3 Å². The van der Waals surface area contributed by atoms with Crippen LogP contribution in [0.25, 0.3) is 22.3 Å². The van der Waals surface area contributed by atoms with Crippen molar-refractivity contribution in [2.45, 2.75) is 65.2 Å². The first-order valence-electron chi connectivity index (χ1n) is 19.3. The largest absolute Gasteiger partial charge is 0.507 e. The molecular formula is C52H49O3. The monoisotopic (exact) mass is 721 g/mol. The lowest BCUT2D eigenvalue weighted by Gasteiger charge is -2.25.